The highest BCUT2D eigenvalue weighted by Gasteiger charge is 2.32. The molecule has 0 radical (unpaired) electrons. The summed E-state index contributed by atoms with van der Waals surface area (Å²) in [5, 5.41) is 17.3. The second-order valence-electron chi connectivity index (χ2n) is 6.38. The third-order valence-corrected chi connectivity index (χ3v) is 4.40. The molecule has 0 bridgehead atoms. The Morgan fingerprint density at radius 1 is 1.17 bits per heavy atom. The van der Waals surface area contributed by atoms with E-state index < -0.39 is 11.5 Å². The van der Waals surface area contributed by atoms with Gasteiger partial charge in [-0.15, -0.1) is 0 Å². The number of amides is 3. The SMILES string of the molecule is CCC(C)(NC(=O)CCCNC(=O)NC1CCCCC1)C(=O)O. The van der Waals surface area contributed by atoms with Gasteiger partial charge in [0.2, 0.25) is 5.91 Å². The van der Waals surface area contributed by atoms with Gasteiger partial charge in [0.1, 0.15) is 5.54 Å². The number of rotatable bonds is 8. The number of carboxylic acid groups (broad SMARTS) is 1. The molecule has 7 nitrogen and oxygen atoms in total. The lowest BCUT2D eigenvalue weighted by Gasteiger charge is -2.24. The van der Waals surface area contributed by atoms with E-state index in [9.17, 15) is 14.4 Å². The first-order valence-electron chi connectivity index (χ1n) is 8.46. The quantitative estimate of drug-likeness (QED) is 0.510. The molecule has 0 aliphatic heterocycles. The van der Waals surface area contributed by atoms with Crippen molar-refractivity contribution in [3.63, 3.8) is 0 Å². The van der Waals surface area contributed by atoms with Crippen molar-refractivity contribution >= 4 is 17.9 Å². The predicted molar refractivity (Wildman–Crippen MR) is 87.1 cm³/mol. The first-order valence-corrected chi connectivity index (χ1v) is 8.46. The van der Waals surface area contributed by atoms with E-state index in [1.54, 1.807) is 6.92 Å². The number of nitrogens with one attached hydrogen (secondary N) is 3. The van der Waals surface area contributed by atoms with E-state index in [2.05, 4.69) is 16.0 Å². The van der Waals surface area contributed by atoms with Crippen molar-refractivity contribution in [3.8, 4) is 0 Å². The monoisotopic (exact) mass is 327 g/mol. The molecule has 1 rings (SSSR count). The zero-order valence-corrected chi connectivity index (χ0v) is 14.1. The average Bonchev–Trinajstić information content (AvgIpc) is 2.52. The number of carbonyl (C=O) groups excluding carboxylic acids is 2. The van der Waals surface area contributed by atoms with Gasteiger partial charge in [-0.25, -0.2) is 9.59 Å². The zero-order chi connectivity index (χ0) is 17.3. The number of carboxylic acids is 1. The van der Waals surface area contributed by atoms with E-state index >= 15 is 0 Å². The Morgan fingerprint density at radius 2 is 1.83 bits per heavy atom. The first-order chi connectivity index (χ1) is 10.9. The number of carbonyl (C=O) groups is 3. The largest absolute Gasteiger partial charge is 0.480 e. The summed E-state index contributed by atoms with van der Waals surface area (Å²) in [6.07, 6.45) is 6.59. The number of aliphatic carboxylic acids is 1. The minimum atomic E-state index is -1.23. The average molecular weight is 327 g/mol. The highest BCUT2D eigenvalue weighted by molar-refractivity contribution is 5.86. The Morgan fingerprint density at radius 3 is 2.39 bits per heavy atom. The molecule has 132 valence electrons. The zero-order valence-electron chi connectivity index (χ0n) is 14.1. The van der Waals surface area contributed by atoms with Crippen LogP contribution < -0.4 is 16.0 Å². The number of urea groups is 1. The van der Waals surface area contributed by atoms with Gasteiger partial charge >= 0.3 is 12.0 Å². The van der Waals surface area contributed by atoms with Crippen LogP contribution in [0, 0.1) is 0 Å². The van der Waals surface area contributed by atoms with Gasteiger partial charge in [0.25, 0.3) is 0 Å². The van der Waals surface area contributed by atoms with E-state index in [0.29, 0.717) is 19.4 Å². The number of hydrogen-bond donors (Lipinski definition) is 4. The second-order valence-corrected chi connectivity index (χ2v) is 6.38. The van der Waals surface area contributed by atoms with E-state index in [1.807, 2.05) is 0 Å². The van der Waals surface area contributed by atoms with Crippen LogP contribution >= 0.6 is 0 Å². The molecule has 1 saturated carbocycles. The van der Waals surface area contributed by atoms with E-state index in [1.165, 1.54) is 13.3 Å². The van der Waals surface area contributed by atoms with Gasteiger partial charge in [0.05, 0.1) is 0 Å². The molecule has 4 N–H and O–H groups in total. The Hall–Kier alpha value is -1.79. The van der Waals surface area contributed by atoms with Crippen LogP contribution in [0.3, 0.4) is 0 Å². The van der Waals surface area contributed by atoms with Crippen LogP contribution in [0.15, 0.2) is 0 Å². The Balaban J connectivity index is 2.17. The molecule has 1 aliphatic rings. The van der Waals surface area contributed by atoms with E-state index in [0.717, 1.165) is 25.7 Å². The molecule has 0 saturated heterocycles. The second kappa shape index (κ2) is 9.37. The number of hydrogen-bond acceptors (Lipinski definition) is 3. The lowest BCUT2D eigenvalue weighted by Crippen LogP contribution is -2.51. The highest BCUT2D eigenvalue weighted by atomic mass is 16.4. The van der Waals surface area contributed by atoms with Crippen molar-refractivity contribution in [2.75, 3.05) is 6.54 Å². The Bertz CT molecular complexity index is 422. The van der Waals surface area contributed by atoms with Crippen molar-refractivity contribution in [1.82, 2.24) is 16.0 Å². The minimum Gasteiger partial charge on any atom is -0.480 e. The summed E-state index contributed by atoms with van der Waals surface area (Å²) in [5.74, 6) is -1.36. The maximum atomic E-state index is 11.8. The summed E-state index contributed by atoms with van der Waals surface area (Å²) in [6, 6.07) is 0.0640. The molecule has 0 aromatic heterocycles. The molecule has 1 aliphatic carbocycles. The van der Waals surface area contributed by atoms with Crippen molar-refractivity contribution in [2.24, 2.45) is 0 Å². The molecule has 0 heterocycles. The molecule has 1 atom stereocenters. The van der Waals surface area contributed by atoms with Crippen LogP contribution in [0.2, 0.25) is 0 Å². The molecule has 0 aromatic carbocycles. The van der Waals surface area contributed by atoms with Gasteiger partial charge < -0.3 is 21.1 Å². The topological polar surface area (TPSA) is 108 Å². The van der Waals surface area contributed by atoms with Gasteiger partial charge in [0.15, 0.2) is 0 Å². The normalized spacial score (nSPS) is 17.8. The molecule has 7 heteroatoms. The third kappa shape index (κ3) is 6.88. The smallest absolute Gasteiger partial charge is 0.329 e. The van der Waals surface area contributed by atoms with Crippen molar-refractivity contribution in [2.45, 2.75) is 76.8 Å². The summed E-state index contributed by atoms with van der Waals surface area (Å²) in [5.41, 5.74) is -1.23. The first kappa shape index (κ1) is 19.3. The molecule has 0 aromatic rings. The molecule has 1 fully saturated rings. The van der Waals surface area contributed by atoms with E-state index in [-0.39, 0.29) is 24.4 Å². The fraction of sp³-hybridized carbons (Fsp3) is 0.812. The van der Waals surface area contributed by atoms with Crippen LogP contribution in [0.1, 0.15) is 65.2 Å². The fourth-order valence-electron chi connectivity index (χ4n) is 2.60. The lowest BCUT2D eigenvalue weighted by molar-refractivity contribution is -0.147. The third-order valence-electron chi connectivity index (χ3n) is 4.40. The fourth-order valence-corrected chi connectivity index (χ4v) is 2.60. The maximum absolute atomic E-state index is 11.8. The van der Waals surface area contributed by atoms with Crippen molar-refractivity contribution in [3.05, 3.63) is 0 Å². The Labute approximate surface area is 137 Å². The predicted octanol–water partition coefficient (Wildman–Crippen LogP) is 1.77. The molecule has 1 unspecified atom stereocenters. The van der Waals surface area contributed by atoms with Crippen LogP contribution in [0.5, 0.6) is 0 Å². The standard InChI is InChI=1S/C16H29N3O4/c1-3-16(2,14(21)22)19-13(20)10-7-11-17-15(23)18-12-8-5-4-6-9-12/h12H,3-11H2,1-2H3,(H,19,20)(H,21,22)(H2,17,18,23). The van der Waals surface area contributed by atoms with Crippen molar-refractivity contribution in [1.29, 1.82) is 0 Å². The van der Waals surface area contributed by atoms with Gasteiger partial charge in [-0.1, -0.05) is 26.2 Å². The van der Waals surface area contributed by atoms with Crippen LogP contribution in [0.4, 0.5) is 4.79 Å². The lowest BCUT2D eigenvalue weighted by atomic mass is 9.96. The Kier molecular flexibility index (Phi) is 7.85. The van der Waals surface area contributed by atoms with Gasteiger partial charge in [-0.2, -0.15) is 0 Å². The van der Waals surface area contributed by atoms with Gasteiger partial charge in [-0.3, -0.25) is 4.79 Å². The highest BCUT2D eigenvalue weighted by Crippen LogP contribution is 2.17. The van der Waals surface area contributed by atoms with Crippen LogP contribution in [-0.2, 0) is 9.59 Å². The molecule has 3 amide bonds. The van der Waals surface area contributed by atoms with Crippen LogP contribution in [-0.4, -0.2) is 41.1 Å². The van der Waals surface area contributed by atoms with Crippen LogP contribution in [0.25, 0.3) is 0 Å². The van der Waals surface area contributed by atoms with E-state index in [4.69, 9.17) is 5.11 Å². The summed E-state index contributed by atoms with van der Waals surface area (Å²) < 4.78 is 0. The van der Waals surface area contributed by atoms with Crippen molar-refractivity contribution < 1.29 is 19.5 Å². The summed E-state index contributed by atoms with van der Waals surface area (Å²) in [6.45, 7) is 3.59. The summed E-state index contributed by atoms with van der Waals surface area (Å²) in [4.78, 5) is 34.6. The molecular weight excluding hydrogens is 298 g/mol. The summed E-state index contributed by atoms with van der Waals surface area (Å²) in [7, 11) is 0. The molecule has 23 heavy (non-hydrogen) atoms. The van der Waals surface area contributed by atoms with Gasteiger partial charge in [0, 0.05) is 19.0 Å². The van der Waals surface area contributed by atoms with Gasteiger partial charge in [-0.05, 0) is 32.6 Å². The summed E-state index contributed by atoms with van der Waals surface area (Å²) >= 11 is 0. The molecular formula is C16H29N3O4. The molecule has 0 spiro atoms. The maximum Gasteiger partial charge on any atom is 0.329 e. The minimum absolute atomic E-state index is 0.187.